The molecule has 0 bridgehead atoms. The Morgan fingerprint density at radius 2 is 1.80 bits per heavy atom. The van der Waals surface area contributed by atoms with E-state index in [1.54, 1.807) is 0 Å². The van der Waals surface area contributed by atoms with Crippen molar-refractivity contribution < 1.29 is 5.21 Å². The van der Waals surface area contributed by atoms with Crippen LogP contribution >= 0.6 is 15.9 Å². The lowest BCUT2D eigenvalue weighted by Crippen LogP contribution is -2.03. The van der Waals surface area contributed by atoms with Gasteiger partial charge in [0.05, 0.1) is 11.2 Å². The summed E-state index contributed by atoms with van der Waals surface area (Å²) in [5, 5.41) is 13.9. The number of aryl methyl sites for hydroxylation is 3. The summed E-state index contributed by atoms with van der Waals surface area (Å²) in [5.74, 6) is 0. The third kappa shape index (κ3) is 3.19. The first-order valence-corrected chi connectivity index (χ1v) is 9.14. The molecule has 0 atom stereocenters. The lowest BCUT2D eigenvalue weighted by Gasteiger charge is -2.15. The van der Waals surface area contributed by atoms with Gasteiger partial charge in [-0.15, -0.1) is 0 Å². The second-order valence-corrected chi connectivity index (χ2v) is 7.24. The van der Waals surface area contributed by atoms with Crippen molar-refractivity contribution in [1.29, 1.82) is 0 Å². The van der Waals surface area contributed by atoms with Crippen LogP contribution in [0.2, 0.25) is 0 Å². The van der Waals surface area contributed by atoms with Crippen molar-refractivity contribution >= 4 is 32.5 Å². The summed E-state index contributed by atoms with van der Waals surface area (Å²) in [6.45, 7) is 8.21. The second kappa shape index (κ2) is 6.96. The Labute approximate surface area is 156 Å². The summed E-state index contributed by atoms with van der Waals surface area (Å²) >= 11 is 3.57. The molecule has 3 nitrogen and oxygen atoms in total. The predicted molar refractivity (Wildman–Crippen MR) is 108 cm³/mol. The lowest BCUT2D eigenvalue weighted by atomic mass is 9.92. The van der Waals surface area contributed by atoms with E-state index < -0.39 is 0 Å². The van der Waals surface area contributed by atoms with Crippen molar-refractivity contribution in [2.45, 2.75) is 34.1 Å². The molecule has 0 aliphatic carbocycles. The van der Waals surface area contributed by atoms with E-state index in [1.165, 1.54) is 16.7 Å². The highest BCUT2D eigenvalue weighted by molar-refractivity contribution is 9.10. The number of fused-ring (bicyclic) bond motifs is 1. The van der Waals surface area contributed by atoms with Gasteiger partial charge in [-0.1, -0.05) is 46.2 Å². The summed E-state index contributed by atoms with van der Waals surface area (Å²) in [4.78, 5) is 4.82. The number of hydrogen-bond acceptors (Lipinski definition) is 3. The van der Waals surface area contributed by atoms with E-state index in [4.69, 9.17) is 4.98 Å². The minimum atomic E-state index is 0.662. The maximum Gasteiger partial charge on any atom is 0.0872 e. The van der Waals surface area contributed by atoms with Gasteiger partial charge in [-0.25, -0.2) is 0 Å². The van der Waals surface area contributed by atoms with Crippen LogP contribution in [-0.4, -0.2) is 15.9 Å². The topological polar surface area (TPSA) is 45.5 Å². The zero-order valence-corrected chi connectivity index (χ0v) is 16.5. The van der Waals surface area contributed by atoms with Gasteiger partial charge in [-0.3, -0.25) is 4.98 Å². The van der Waals surface area contributed by atoms with Crippen molar-refractivity contribution in [1.82, 2.24) is 4.98 Å². The van der Waals surface area contributed by atoms with E-state index >= 15 is 0 Å². The van der Waals surface area contributed by atoms with Gasteiger partial charge in [-0.05, 0) is 62.1 Å². The predicted octanol–water partition coefficient (Wildman–Crippen LogP) is 6.18. The summed E-state index contributed by atoms with van der Waals surface area (Å²) < 4.78 is 1.08. The highest BCUT2D eigenvalue weighted by Crippen LogP contribution is 2.35. The largest absolute Gasteiger partial charge is 0.411 e. The van der Waals surface area contributed by atoms with E-state index in [9.17, 15) is 5.21 Å². The van der Waals surface area contributed by atoms with Crippen LogP contribution < -0.4 is 0 Å². The summed E-state index contributed by atoms with van der Waals surface area (Å²) in [5.41, 5.74) is 8.21. The van der Waals surface area contributed by atoms with E-state index in [2.05, 4.69) is 53.1 Å². The molecular weight excluding hydrogens is 376 g/mol. The molecule has 25 heavy (non-hydrogen) atoms. The first kappa shape index (κ1) is 17.6. The third-order valence-corrected chi connectivity index (χ3v) is 4.96. The molecular formula is C21H21BrN2O. The molecule has 128 valence electrons. The van der Waals surface area contributed by atoms with Gasteiger partial charge in [0.25, 0.3) is 0 Å². The second-order valence-electron chi connectivity index (χ2n) is 6.33. The molecule has 0 spiro atoms. The molecule has 2 aromatic carbocycles. The van der Waals surface area contributed by atoms with E-state index in [-0.39, 0.29) is 0 Å². The number of aromatic nitrogens is 1. The average Bonchev–Trinajstić information content (AvgIpc) is 2.55. The minimum absolute atomic E-state index is 0.662. The molecule has 1 N–H and O–H groups in total. The minimum Gasteiger partial charge on any atom is -0.411 e. The van der Waals surface area contributed by atoms with Crippen LogP contribution in [0.5, 0.6) is 0 Å². The molecule has 0 saturated heterocycles. The lowest BCUT2D eigenvalue weighted by molar-refractivity contribution is 0.318. The highest BCUT2D eigenvalue weighted by Gasteiger charge is 2.15. The number of para-hydroxylation sites is 1. The Hall–Kier alpha value is -2.20. The molecule has 1 aromatic heterocycles. The number of oxime groups is 1. The zero-order valence-electron chi connectivity index (χ0n) is 14.9. The maximum atomic E-state index is 9.40. The molecule has 0 saturated carbocycles. The van der Waals surface area contributed by atoms with Crippen LogP contribution in [0.4, 0.5) is 0 Å². The molecule has 0 aliphatic rings. The number of nitrogens with zero attached hydrogens (tertiary/aromatic N) is 2. The molecule has 0 fully saturated rings. The number of pyridine rings is 1. The van der Waals surface area contributed by atoms with Gasteiger partial charge in [-0.2, -0.15) is 0 Å². The van der Waals surface area contributed by atoms with Crippen molar-refractivity contribution in [2.24, 2.45) is 5.16 Å². The number of benzene rings is 2. The fraction of sp³-hybridized carbons (Fsp3) is 0.238. The molecule has 3 rings (SSSR count). The third-order valence-electron chi connectivity index (χ3n) is 4.50. The maximum absolute atomic E-state index is 9.40. The Morgan fingerprint density at radius 3 is 2.40 bits per heavy atom. The van der Waals surface area contributed by atoms with Crippen LogP contribution in [0.25, 0.3) is 22.0 Å². The number of halogens is 1. The first-order chi connectivity index (χ1) is 12.0. The van der Waals surface area contributed by atoms with Crippen LogP contribution in [0.15, 0.2) is 46.0 Å². The Morgan fingerprint density at radius 1 is 1.12 bits per heavy atom. The zero-order chi connectivity index (χ0) is 18.1. The summed E-state index contributed by atoms with van der Waals surface area (Å²) in [6, 6.07) is 12.5. The number of hydrogen-bond donors (Lipinski definition) is 1. The van der Waals surface area contributed by atoms with Gasteiger partial charge in [0.1, 0.15) is 0 Å². The van der Waals surface area contributed by atoms with E-state index in [0.717, 1.165) is 32.2 Å². The molecule has 1 heterocycles. The van der Waals surface area contributed by atoms with Gasteiger partial charge in [0, 0.05) is 26.7 Å². The van der Waals surface area contributed by atoms with Gasteiger partial charge >= 0.3 is 0 Å². The van der Waals surface area contributed by atoms with Crippen LogP contribution in [0.3, 0.4) is 0 Å². The molecule has 3 aromatic rings. The normalized spacial score (nSPS) is 12.0. The first-order valence-electron chi connectivity index (χ1n) is 8.35. The van der Waals surface area contributed by atoms with Crippen LogP contribution in [0, 0.1) is 20.8 Å². The molecule has 4 heteroatoms. The Balaban J connectivity index is 2.40. The molecule has 0 aliphatic heterocycles. The standard InChI is InChI=1S/C21H21BrN2O/c1-5-19(24-25)18-11-14(4)23-21-16(18)7-6-8-17(21)20-12(2)9-15(22)10-13(20)3/h6-11,25H,5H2,1-4H3/b24-19+. The van der Waals surface area contributed by atoms with E-state index in [1.807, 2.05) is 32.0 Å². The monoisotopic (exact) mass is 396 g/mol. The van der Waals surface area contributed by atoms with Gasteiger partial charge < -0.3 is 5.21 Å². The quantitative estimate of drug-likeness (QED) is 0.326. The fourth-order valence-corrected chi connectivity index (χ4v) is 4.15. The molecule has 0 radical (unpaired) electrons. The molecule has 0 amide bonds. The average molecular weight is 397 g/mol. The van der Waals surface area contributed by atoms with Crippen LogP contribution in [0.1, 0.15) is 35.7 Å². The van der Waals surface area contributed by atoms with Crippen molar-refractivity contribution in [3.05, 3.63) is 63.3 Å². The SMILES string of the molecule is CC/C(=N\O)c1cc(C)nc2c(-c3c(C)cc(Br)cc3C)cccc12. The Kier molecular flexibility index (Phi) is 4.91. The number of rotatable bonds is 3. The molecule has 0 unspecified atom stereocenters. The van der Waals surface area contributed by atoms with E-state index in [0.29, 0.717) is 12.1 Å². The smallest absolute Gasteiger partial charge is 0.0872 e. The van der Waals surface area contributed by atoms with Crippen molar-refractivity contribution in [3.63, 3.8) is 0 Å². The summed E-state index contributed by atoms with van der Waals surface area (Å²) in [6.07, 6.45) is 0.662. The Bertz CT molecular complexity index is 970. The van der Waals surface area contributed by atoms with Gasteiger partial charge in [0.15, 0.2) is 0 Å². The van der Waals surface area contributed by atoms with Gasteiger partial charge in [0.2, 0.25) is 0 Å². The van der Waals surface area contributed by atoms with Crippen molar-refractivity contribution in [2.75, 3.05) is 0 Å². The summed E-state index contributed by atoms with van der Waals surface area (Å²) in [7, 11) is 0. The fourth-order valence-electron chi connectivity index (χ4n) is 3.47. The van der Waals surface area contributed by atoms with Crippen molar-refractivity contribution in [3.8, 4) is 11.1 Å². The van der Waals surface area contributed by atoms with Crippen LogP contribution in [-0.2, 0) is 0 Å². The highest BCUT2D eigenvalue weighted by atomic mass is 79.9.